The highest BCUT2D eigenvalue weighted by molar-refractivity contribution is 5.82. The molecule has 0 atom stereocenters. The van der Waals surface area contributed by atoms with Crippen LogP contribution in [0.4, 0.5) is 0 Å². The second-order valence-electron chi connectivity index (χ2n) is 5.67. The van der Waals surface area contributed by atoms with Crippen molar-refractivity contribution >= 4 is 10.9 Å². The number of para-hydroxylation sites is 2. The monoisotopic (exact) mass is 277 g/mol. The Balaban J connectivity index is 2.51. The smallest absolute Gasteiger partial charge is 0.193 e. The molecular formula is C19H19NO. The van der Waals surface area contributed by atoms with E-state index in [2.05, 4.69) is 30.5 Å². The molecule has 0 N–H and O–H groups in total. The molecule has 0 fully saturated rings. The van der Waals surface area contributed by atoms with Gasteiger partial charge in [0.2, 0.25) is 0 Å². The van der Waals surface area contributed by atoms with Gasteiger partial charge in [-0.05, 0) is 37.1 Å². The molecule has 0 bridgehead atoms. The molecule has 2 heteroatoms. The lowest BCUT2D eigenvalue weighted by Gasteiger charge is -2.20. The first-order valence-corrected chi connectivity index (χ1v) is 7.31. The summed E-state index contributed by atoms with van der Waals surface area (Å²) in [5, 5.41) is 0.788. The lowest BCUT2D eigenvalue weighted by atomic mass is 9.98. The minimum atomic E-state index is 0.158. The Morgan fingerprint density at radius 1 is 0.905 bits per heavy atom. The van der Waals surface area contributed by atoms with Crippen molar-refractivity contribution in [3.63, 3.8) is 0 Å². The second kappa shape index (κ2) is 5.21. The van der Waals surface area contributed by atoms with Crippen LogP contribution >= 0.6 is 0 Å². The molecule has 1 heterocycles. The maximum Gasteiger partial charge on any atom is 0.193 e. The minimum Gasteiger partial charge on any atom is -0.313 e. The van der Waals surface area contributed by atoms with E-state index in [1.54, 1.807) is 0 Å². The summed E-state index contributed by atoms with van der Waals surface area (Å²) in [6.45, 7) is 6.19. The van der Waals surface area contributed by atoms with Gasteiger partial charge in [0.15, 0.2) is 5.43 Å². The minimum absolute atomic E-state index is 0.158. The first-order valence-electron chi connectivity index (χ1n) is 7.31. The first kappa shape index (κ1) is 13.6. The molecule has 0 saturated heterocycles. The Morgan fingerprint density at radius 2 is 1.52 bits per heavy atom. The predicted octanol–water partition coefficient (Wildman–Crippen LogP) is 4.42. The average Bonchev–Trinajstić information content (AvgIpc) is 2.48. The molecule has 106 valence electrons. The molecule has 21 heavy (non-hydrogen) atoms. The van der Waals surface area contributed by atoms with Crippen LogP contribution in [-0.4, -0.2) is 4.57 Å². The molecule has 0 aliphatic carbocycles. The van der Waals surface area contributed by atoms with Crippen molar-refractivity contribution in [1.29, 1.82) is 0 Å². The van der Waals surface area contributed by atoms with Crippen LogP contribution in [-0.2, 0) is 0 Å². The van der Waals surface area contributed by atoms with Gasteiger partial charge in [-0.25, -0.2) is 0 Å². The maximum atomic E-state index is 12.8. The third-order valence-corrected chi connectivity index (χ3v) is 3.95. The summed E-state index contributed by atoms with van der Waals surface area (Å²) >= 11 is 0. The van der Waals surface area contributed by atoms with Crippen LogP contribution < -0.4 is 5.43 Å². The zero-order valence-corrected chi connectivity index (χ0v) is 12.6. The summed E-state index contributed by atoms with van der Waals surface area (Å²) in [5.41, 5.74) is 4.14. The van der Waals surface area contributed by atoms with Crippen LogP contribution in [0.5, 0.6) is 0 Å². The Kier molecular flexibility index (Phi) is 3.38. The zero-order valence-electron chi connectivity index (χ0n) is 12.6. The van der Waals surface area contributed by atoms with Gasteiger partial charge in [-0.15, -0.1) is 0 Å². The molecule has 0 radical (unpaired) electrons. The van der Waals surface area contributed by atoms with Crippen molar-refractivity contribution in [2.24, 2.45) is 0 Å². The van der Waals surface area contributed by atoms with Crippen LogP contribution in [0.3, 0.4) is 0 Å². The Morgan fingerprint density at radius 3 is 2.19 bits per heavy atom. The van der Waals surface area contributed by atoms with Crippen LogP contribution in [0.25, 0.3) is 16.6 Å². The fraction of sp³-hybridized carbons (Fsp3) is 0.211. The number of fused-ring (bicyclic) bond motifs is 1. The highest BCUT2D eigenvalue weighted by Crippen LogP contribution is 2.24. The van der Waals surface area contributed by atoms with Gasteiger partial charge in [0.1, 0.15) is 0 Å². The molecule has 2 aromatic carbocycles. The van der Waals surface area contributed by atoms with Crippen molar-refractivity contribution in [3.8, 4) is 5.69 Å². The topological polar surface area (TPSA) is 22.0 Å². The second-order valence-corrected chi connectivity index (χ2v) is 5.67. The normalized spacial score (nSPS) is 11.2. The molecule has 0 saturated carbocycles. The number of hydrogen-bond acceptors (Lipinski definition) is 1. The highest BCUT2D eigenvalue weighted by atomic mass is 16.1. The number of hydrogen-bond donors (Lipinski definition) is 0. The Labute approximate surface area is 124 Å². The molecule has 0 unspecified atom stereocenters. The summed E-state index contributed by atoms with van der Waals surface area (Å²) in [5.74, 6) is 0.206. The van der Waals surface area contributed by atoms with Gasteiger partial charge in [0, 0.05) is 22.3 Å². The van der Waals surface area contributed by atoms with Crippen molar-refractivity contribution in [2.45, 2.75) is 26.7 Å². The van der Waals surface area contributed by atoms with Crippen LogP contribution in [0.1, 0.15) is 31.0 Å². The lowest BCUT2D eigenvalue weighted by Crippen LogP contribution is -2.19. The molecular weight excluding hydrogens is 258 g/mol. The quantitative estimate of drug-likeness (QED) is 0.679. The summed E-state index contributed by atoms with van der Waals surface area (Å²) < 4.78 is 2.19. The fourth-order valence-corrected chi connectivity index (χ4v) is 3.06. The Bertz CT molecular complexity index is 845. The standard InChI is InChI=1S/C19H19NO/c1-13(2)18-14(3)20(15-9-5-4-6-10-15)17-12-8-7-11-16(17)19(18)21/h4-13H,1-3H3. The van der Waals surface area contributed by atoms with E-state index in [0.717, 1.165) is 27.8 Å². The number of pyridine rings is 1. The van der Waals surface area contributed by atoms with E-state index in [0.29, 0.717) is 0 Å². The van der Waals surface area contributed by atoms with E-state index < -0.39 is 0 Å². The van der Waals surface area contributed by atoms with Gasteiger partial charge >= 0.3 is 0 Å². The van der Waals surface area contributed by atoms with E-state index in [-0.39, 0.29) is 11.3 Å². The van der Waals surface area contributed by atoms with Gasteiger partial charge in [0.05, 0.1) is 5.52 Å². The molecule has 0 aliphatic heterocycles. The molecule has 3 rings (SSSR count). The van der Waals surface area contributed by atoms with E-state index >= 15 is 0 Å². The number of nitrogens with zero attached hydrogens (tertiary/aromatic N) is 1. The predicted molar refractivity (Wildman–Crippen MR) is 88.4 cm³/mol. The van der Waals surface area contributed by atoms with Gasteiger partial charge in [-0.1, -0.05) is 44.2 Å². The maximum absolute atomic E-state index is 12.8. The molecule has 1 aromatic heterocycles. The van der Waals surface area contributed by atoms with Crippen molar-refractivity contribution < 1.29 is 0 Å². The van der Waals surface area contributed by atoms with E-state index in [4.69, 9.17) is 0 Å². The largest absolute Gasteiger partial charge is 0.313 e. The fourth-order valence-electron chi connectivity index (χ4n) is 3.06. The SMILES string of the molecule is Cc1c(C(C)C)c(=O)c2ccccc2n1-c1ccccc1. The van der Waals surface area contributed by atoms with Gasteiger partial charge < -0.3 is 4.57 Å². The number of aromatic nitrogens is 1. The molecule has 0 amide bonds. The molecule has 0 spiro atoms. The third kappa shape index (κ3) is 2.17. The lowest BCUT2D eigenvalue weighted by molar-refractivity contribution is 0.821. The van der Waals surface area contributed by atoms with Crippen molar-refractivity contribution in [2.75, 3.05) is 0 Å². The van der Waals surface area contributed by atoms with E-state index in [1.165, 1.54) is 0 Å². The first-order chi connectivity index (χ1) is 10.1. The van der Waals surface area contributed by atoms with Gasteiger partial charge in [0.25, 0.3) is 0 Å². The van der Waals surface area contributed by atoms with Crippen LogP contribution in [0, 0.1) is 6.92 Å². The molecule has 0 aliphatic rings. The summed E-state index contributed by atoms with van der Waals surface area (Å²) in [4.78, 5) is 12.8. The van der Waals surface area contributed by atoms with E-state index in [1.807, 2.05) is 49.4 Å². The van der Waals surface area contributed by atoms with Gasteiger partial charge in [-0.3, -0.25) is 4.79 Å². The number of benzene rings is 2. The Hall–Kier alpha value is -2.35. The van der Waals surface area contributed by atoms with Gasteiger partial charge in [-0.2, -0.15) is 0 Å². The van der Waals surface area contributed by atoms with E-state index in [9.17, 15) is 4.79 Å². The van der Waals surface area contributed by atoms with Crippen molar-refractivity contribution in [3.05, 3.63) is 76.1 Å². The summed E-state index contributed by atoms with van der Waals surface area (Å²) in [6.07, 6.45) is 0. The average molecular weight is 277 g/mol. The van der Waals surface area contributed by atoms with Crippen molar-refractivity contribution in [1.82, 2.24) is 4.57 Å². The zero-order chi connectivity index (χ0) is 15.0. The molecule has 3 aromatic rings. The summed E-state index contributed by atoms with van der Waals surface area (Å²) in [7, 11) is 0. The third-order valence-electron chi connectivity index (χ3n) is 3.95. The summed E-state index contributed by atoms with van der Waals surface area (Å²) in [6, 6.07) is 18.1. The number of rotatable bonds is 2. The highest BCUT2D eigenvalue weighted by Gasteiger charge is 2.16. The van der Waals surface area contributed by atoms with Crippen LogP contribution in [0.15, 0.2) is 59.4 Å². The molecule has 2 nitrogen and oxygen atoms in total. The van der Waals surface area contributed by atoms with Crippen LogP contribution in [0.2, 0.25) is 0 Å².